The molecule has 0 bridgehead atoms. The van der Waals surface area contributed by atoms with Crippen molar-refractivity contribution in [3.8, 4) is 0 Å². The molecular formula is C23H19BrN4O3S. The lowest BCUT2D eigenvalue weighted by molar-refractivity contribution is 0.0786. The Morgan fingerprint density at radius 3 is 2.53 bits per heavy atom. The fourth-order valence-electron chi connectivity index (χ4n) is 3.30. The third-order valence-electron chi connectivity index (χ3n) is 4.82. The second-order valence-electron chi connectivity index (χ2n) is 7.12. The predicted molar refractivity (Wildman–Crippen MR) is 127 cm³/mol. The summed E-state index contributed by atoms with van der Waals surface area (Å²) in [5, 5.41) is 0. The fourth-order valence-corrected chi connectivity index (χ4v) is 4.90. The second kappa shape index (κ2) is 9.05. The number of benzene rings is 3. The van der Waals surface area contributed by atoms with Crippen LogP contribution in [0.25, 0.3) is 11.0 Å². The number of nitrogens with one attached hydrogen (secondary N) is 1. The number of carbonyl (C=O) groups is 1. The van der Waals surface area contributed by atoms with E-state index in [1.54, 1.807) is 42.3 Å². The van der Waals surface area contributed by atoms with E-state index in [0.29, 0.717) is 16.5 Å². The number of halogens is 1. The summed E-state index contributed by atoms with van der Waals surface area (Å²) in [6.07, 6.45) is 2.94. The van der Waals surface area contributed by atoms with Crippen LogP contribution < -0.4 is 4.72 Å². The number of fused-ring (bicyclic) bond motifs is 1. The van der Waals surface area contributed by atoms with Crippen molar-refractivity contribution in [1.82, 2.24) is 14.9 Å². The molecule has 4 aromatic rings. The van der Waals surface area contributed by atoms with Gasteiger partial charge in [0, 0.05) is 30.5 Å². The van der Waals surface area contributed by atoms with Gasteiger partial charge in [-0.15, -0.1) is 0 Å². The van der Waals surface area contributed by atoms with E-state index in [4.69, 9.17) is 0 Å². The summed E-state index contributed by atoms with van der Waals surface area (Å²) in [5.74, 6) is -0.309. The maximum atomic E-state index is 13.2. The van der Waals surface area contributed by atoms with E-state index in [1.165, 1.54) is 18.5 Å². The average molecular weight is 511 g/mol. The number of nitrogens with zero attached hydrogens (tertiary/aromatic N) is 3. The van der Waals surface area contributed by atoms with Crippen molar-refractivity contribution in [3.05, 3.63) is 94.7 Å². The van der Waals surface area contributed by atoms with Crippen LogP contribution in [0.3, 0.4) is 0 Å². The van der Waals surface area contributed by atoms with E-state index >= 15 is 0 Å². The number of rotatable bonds is 6. The molecule has 1 aromatic heterocycles. The molecule has 0 fully saturated rings. The molecule has 7 nitrogen and oxygen atoms in total. The third-order valence-corrected chi connectivity index (χ3v) is 6.71. The summed E-state index contributed by atoms with van der Waals surface area (Å²) >= 11 is 3.36. The van der Waals surface area contributed by atoms with Gasteiger partial charge < -0.3 is 4.90 Å². The quantitative estimate of drug-likeness (QED) is 0.413. The highest BCUT2D eigenvalue weighted by Crippen LogP contribution is 2.27. The smallest absolute Gasteiger partial charge is 0.264 e. The van der Waals surface area contributed by atoms with Gasteiger partial charge in [0.1, 0.15) is 10.4 Å². The Morgan fingerprint density at radius 2 is 1.75 bits per heavy atom. The summed E-state index contributed by atoms with van der Waals surface area (Å²) in [5.41, 5.74) is 2.10. The number of hydrogen-bond acceptors (Lipinski definition) is 5. The van der Waals surface area contributed by atoms with Crippen LogP contribution in [0.5, 0.6) is 0 Å². The number of carbonyl (C=O) groups excluding carboxylic acids is 1. The lowest BCUT2D eigenvalue weighted by Crippen LogP contribution is -2.27. The molecule has 0 aliphatic heterocycles. The number of para-hydroxylation sites is 1. The van der Waals surface area contributed by atoms with Gasteiger partial charge in [0.05, 0.1) is 16.8 Å². The SMILES string of the molecule is CN(Cc1ccccc1)C(=O)c1ccc(Br)cc1NS(=O)(=O)c1cccc2nccnc12. The molecule has 0 unspecified atom stereocenters. The first-order valence-corrected chi connectivity index (χ1v) is 11.9. The van der Waals surface area contributed by atoms with Crippen molar-refractivity contribution in [2.45, 2.75) is 11.4 Å². The Balaban J connectivity index is 1.68. The van der Waals surface area contributed by atoms with Crippen LogP contribution in [0.1, 0.15) is 15.9 Å². The molecule has 32 heavy (non-hydrogen) atoms. The van der Waals surface area contributed by atoms with Crippen molar-refractivity contribution < 1.29 is 13.2 Å². The van der Waals surface area contributed by atoms with Crippen LogP contribution >= 0.6 is 15.9 Å². The van der Waals surface area contributed by atoms with Crippen LogP contribution in [-0.4, -0.2) is 36.2 Å². The van der Waals surface area contributed by atoms with Crippen molar-refractivity contribution in [1.29, 1.82) is 0 Å². The summed E-state index contributed by atoms with van der Waals surface area (Å²) in [7, 11) is -2.36. The second-order valence-corrected chi connectivity index (χ2v) is 9.69. The lowest BCUT2D eigenvalue weighted by Gasteiger charge is -2.20. The first-order chi connectivity index (χ1) is 15.3. The molecule has 1 N–H and O–H groups in total. The molecular weight excluding hydrogens is 492 g/mol. The highest BCUT2D eigenvalue weighted by Gasteiger charge is 2.23. The van der Waals surface area contributed by atoms with Gasteiger partial charge in [-0.3, -0.25) is 19.5 Å². The highest BCUT2D eigenvalue weighted by atomic mass is 79.9. The molecule has 0 radical (unpaired) electrons. The van der Waals surface area contributed by atoms with Crippen LogP contribution in [0.4, 0.5) is 5.69 Å². The minimum Gasteiger partial charge on any atom is -0.337 e. The Hall–Kier alpha value is -3.30. The van der Waals surface area contributed by atoms with Gasteiger partial charge in [0.15, 0.2) is 0 Å². The van der Waals surface area contributed by atoms with Gasteiger partial charge >= 0.3 is 0 Å². The van der Waals surface area contributed by atoms with E-state index in [2.05, 4.69) is 30.6 Å². The summed E-state index contributed by atoms with van der Waals surface area (Å²) < 4.78 is 29.7. The largest absolute Gasteiger partial charge is 0.337 e. The van der Waals surface area contributed by atoms with Crippen LogP contribution in [-0.2, 0) is 16.6 Å². The maximum absolute atomic E-state index is 13.2. The van der Waals surface area contributed by atoms with Crippen molar-refractivity contribution in [2.75, 3.05) is 11.8 Å². The highest BCUT2D eigenvalue weighted by molar-refractivity contribution is 9.10. The number of anilines is 1. The number of aromatic nitrogens is 2. The molecule has 0 saturated heterocycles. The Labute approximate surface area is 194 Å². The van der Waals surface area contributed by atoms with Crippen molar-refractivity contribution in [2.24, 2.45) is 0 Å². The zero-order valence-corrected chi connectivity index (χ0v) is 19.5. The molecule has 4 rings (SSSR count). The topological polar surface area (TPSA) is 92.3 Å². The molecule has 0 aliphatic rings. The van der Waals surface area contributed by atoms with E-state index in [-0.39, 0.29) is 27.6 Å². The van der Waals surface area contributed by atoms with Crippen LogP contribution in [0.15, 0.2) is 88.5 Å². The van der Waals surface area contributed by atoms with Gasteiger partial charge in [-0.05, 0) is 35.9 Å². The molecule has 0 atom stereocenters. The molecule has 162 valence electrons. The Morgan fingerprint density at radius 1 is 1.00 bits per heavy atom. The fraction of sp³-hybridized carbons (Fsp3) is 0.0870. The zero-order valence-electron chi connectivity index (χ0n) is 17.1. The Bertz CT molecular complexity index is 1390. The molecule has 1 heterocycles. The predicted octanol–water partition coefficient (Wildman–Crippen LogP) is 4.47. The van der Waals surface area contributed by atoms with E-state index < -0.39 is 10.0 Å². The molecule has 0 saturated carbocycles. The molecule has 1 amide bonds. The summed E-state index contributed by atoms with van der Waals surface area (Å²) in [6, 6.07) is 19.2. The van der Waals surface area contributed by atoms with E-state index in [0.717, 1.165) is 5.56 Å². The maximum Gasteiger partial charge on any atom is 0.264 e. The van der Waals surface area contributed by atoms with Crippen LogP contribution in [0, 0.1) is 0 Å². The van der Waals surface area contributed by atoms with Gasteiger partial charge in [-0.1, -0.05) is 52.3 Å². The third kappa shape index (κ3) is 4.63. The van der Waals surface area contributed by atoms with Gasteiger partial charge in [-0.2, -0.15) is 0 Å². The Kier molecular flexibility index (Phi) is 6.20. The van der Waals surface area contributed by atoms with Gasteiger partial charge in [0.25, 0.3) is 15.9 Å². The summed E-state index contributed by atoms with van der Waals surface area (Å²) in [4.78, 5) is 23.0. The number of sulfonamides is 1. The lowest BCUT2D eigenvalue weighted by atomic mass is 10.1. The zero-order chi connectivity index (χ0) is 22.7. The van der Waals surface area contributed by atoms with Gasteiger partial charge in [0.2, 0.25) is 0 Å². The van der Waals surface area contributed by atoms with E-state index in [9.17, 15) is 13.2 Å². The normalized spacial score (nSPS) is 11.3. The molecule has 3 aromatic carbocycles. The monoisotopic (exact) mass is 510 g/mol. The standard InChI is InChI=1S/C23H19BrN4O3S/c1-28(15-16-6-3-2-4-7-16)23(29)18-11-10-17(24)14-20(18)27-32(30,31)21-9-5-8-19-22(21)26-13-12-25-19/h2-14,27H,15H2,1H3. The van der Waals surface area contributed by atoms with Crippen LogP contribution in [0.2, 0.25) is 0 Å². The minimum atomic E-state index is -4.04. The van der Waals surface area contributed by atoms with Crippen molar-refractivity contribution >= 4 is 48.6 Å². The van der Waals surface area contributed by atoms with Gasteiger partial charge in [-0.25, -0.2) is 8.42 Å². The minimum absolute atomic E-state index is 0.0147. The average Bonchev–Trinajstić information content (AvgIpc) is 2.79. The van der Waals surface area contributed by atoms with E-state index in [1.807, 2.05) is 30.3 Å². The molecule has 0 spiro atoms. The number of amides is 1. The summed E-state index contributed by atoms with van der Waals surface area (Å²) in [6.45, 7) is 0.390. The number of hydrogen-bond donors (Lipinski definition) is 1. The first-order valence-electron chi connectivity index (χ1n) is 9.66. The van der Waals surface area contributed by atoms with Crippen molar-refractivity contribution in [3.63, 3.8) is 0 Å². The molecule has 9 heteroatoms. The first kappa shape index (κ1) is 21.9. The molecule has 0 aliphatic carbocycles.